The molecule has 25 heavy (non-hydrogen) atoms. The summed E-state index contributed by atoms with van der Waals surface area (Å²) in [6.07, 6.45) is 1.72. The maximum absolute atomic E-state index is 13.9. The van der Waals surface area contributed by atoms with Gasteiger partial charge in [-0.2, -0.15) is 0 Å². The van der Waals surface area contributed by atoms with Crippen molar-refractivity contribution in [2.45, 2.75) is 6.54 Å². The standard InChI is InChI=1S/C19H19FN4O/c20-16-5-1-2-6-17(16)23-11-9-22(10-12-23)14-15-13-19(25)24-8-4-3-7-18(24)21-15/h1-8,13H,9-12,14H2. The quantitative estimate of drug-likeness (QED) is 0.734. The second-order valence-electron chi connectivity index (χ2n) is 6.23. The van der Waals surface area contributed by atoms with E-state index in [1.165, 1.54) is 6.07 Å². The van der Waals surface area contributed by atoms with Gasteiger partial charge >= 0.3 is 0 Å². The first-order valence-electron chi connectivity index (χ1n) is 8.40. The predicted octanol–water partition coefficient (Wildman–Crippen LogP) is 2.16. The van der Waals surface area contributed by atoms with Crippen LogP contribution in [-0.4, -0.2) is 40.5 Å². The van der Waals surface area contributed by atoms with Crippen LogP contribution in [0.15, 0.2) is 59.5 Å². The summed E-state index contributed by atoms with van der Waals surface area (Å²) in [5, 5.41) is 0. The minimum Gasteiger partial charge on any atom is -0.367 e. The Hall–Kier alpha value is -2.73. The summed E-state index contributed by atoms with van der Waals surface area (Å²) in [5.74, 6) is -0.180. The molecule has 128 valence electrons. The molecular formula is C19H19FN4O. The highest BCUT2D eigenvalue weighted by molar-refractivity contribution is 5.48. The van der Waals surface area contributed by atoms with Gasteiger partial charge in [-0.05, 0) is 24.3 Å². The second-order valence-corrected chi connectivity index (χ2v) is 6.23. The number of halogens is 1. The fraction of sp³-hybridized carbons (Fsp3) is 0.263. The fourth-order valence-corrected chi connectivity index (χ4v) is 3.27. The zero-order valence-corrected chi connectivity index (χ0v) is 13.8. The van der Waals surface area contributed by atoms with E-state index in [0.717, 1.165) is 31.9 Å². The molecule has 1 aliphatic rings. The zero-order valence-electron chi connectivity index (χ0n) is 13.8. The number of hydrogen-bond donors (Lipinski definition) is 0. The van der Waals surface area contributed by atoms with Crippen LogP contribution >= 0.6 is 0 Å². The van der Waals surface area contributed by atoms with Gasteiger partial charge in [0.25, 0.3) is 5.56 Å². The first-order valence-corrected chi connectivity index (χ1v) is 8.40. The van der Waals surface area contributed by atoms with E-state index in [0.29, 0.717) is 17.9 Å². The van der Waals surface area contributed by atoms with Gasteiger partial charge in [-0.15, -0.1) is 0 Å². The van der Waals surface area contributed by atoms with E-state index in [9.17, 15) is 9.18 Å². The van der Waals surface area contributed by atoms with E-state index in [4.69, 9.17) is 0 Å². The van der Waals surface area contributed by atoms with Crippen LogP contribution in [-0.2, 0) is 6.54 Å². The molecule has 0 amide bonds. The minimum absolute atomic E-state index is 0.0643. The molecule has 2 aromatic heterocycles. The number of pyridine rings is 1. The molecular weight excluding hydrogens is 319 g/mol. The first-order chi connectivity index (χ1) is 12.2. The Morgan fingerprint density at radius 1 is 1.00 bits per heavy atom. The molecule has 0 saturated carbocycles. The molecule has 0 N–H and O–H groups in total. The molecule has 0 bridgehead atoms. The van der Waals surface area contributed by atoms with Gasteiger partial charge in [0.05, 0.1) is 11.4 Å². The van der Waals surface area contributed by atoms with Crippen LogP contribution in [0, 0.1) is 5.82 Å². The summed E-state index contributed by atoms with van der Waals surface area (Å²) in [6.45, 7) is 3.76. The molecule has 3 aromatic rings. The smallest absolute Gasteiger partial charge is 0.258 e. The van der Waals surface area contributed by atoms with Gasteiger partial charge in [-0.3, -0.25) is 14.1 Å². The number of benzene rings is 1. The summed E-state index contributed by atoms with van der Waals surface area (Å²) in [4.78, 5) is 21.1. The third-order valence-corrected chi connectivity index (χ3v) is 4.58. The summed E-state index contributed by atoms with van der Waals surface area (Å²) in [5.41, 5.74) is 2.03. The molecule has 1 saturated heterocycles. The van der Waals surface area contributed by atoms with E-state index in [1.807, 2.05) is 30.3 Å². The van der Waals surface area contributed by atoms with Gasteiger partial charge in [0, 0.05) is 45.0 Å². The molecule has 1 aromatic carbocycles. The van der Waals surface area contributed by atoms with Crippen molar-refractivity contribution < 1.29 is 4.39 Å². The third-order valence-electron chi connectivity index (χ3n) is 4.58. The van der Waals surface area contributed by atoms with Gasteiger partial charge in [0.15, 0.2) is 0 Å². The number of hydrogen-bond acceptors (Lipinski definition) is 4. The van der Waals surface area contributed by atoms with Crippen molar-refractivity contribution in [2.24, 2.45) is 0 Å². The molecule has 1 fully saturated rings. The average molecular weight is 338 g/mol. The van der Waals surface area contributed by atoms with Crippen LogP contribution in [0.3, 0.4) is 0 Å². The van der Waals surface area contributed by atoms with Crippen molar-refractivity contribution in [3.63, 3.8) is 0 Å². The largest absolute Gasteiger partial charge is 0.367 e. The van der Waals surface area contributed by atoms with E-state index in [-0.39, 0.29) is 11.4 Å². The van der Waals surface area contributed by atoms with Crippen LogP contribution in [0.4, 0.5) is 10.1 Å². The molecule has 0 aliphatic carbocycles. The summed E-state index contributed by atoms with van der Waals surface area (Å²) in [6, 6.07) is 14.0. The maximum atomic E-state index is 13.9. The van der Waals surface area contributed by atoms with Crippen LogP contribution < -0.4 is 10.5 Å². The second kappa shape index (κ2) is 6.64. The summed E-state index contributed by atoms with van der Waals surface area (Å²) < 4.78 is 15.4. The molecule has 3 heterocycles. The summed E-state index contributed by atoms with van der Waals surface area (Å²) >= 11 is 0. The molecule has 0 spiro atoms. The number of para-hydroxylation sites is 1. The maximum Gasteiger partial charge on any atom is 0.258 e. The average Bonchev–Trinajstić information content (AvgIpc) is 2.63. The lowest BCUT2D eigenvalue weighted by Gasteiger charge is -2.36. The van der Waals surface area contributed by atoms with Crippen molar-refractivity contribution in [3.8, 4) is 0 Å². The Morgan fingerprint density at radius 3 is 2.56 bits per heavy atom. The normalized spacial score (nSPS) is 15.6. The highest BCUT2D eigenvalue weighted by atomic mass is 19.1. The Labute approximate surface area is 145 Å². The van der Waals surface area contributed by atoms with Crippen LogP contribution in [0.2, 0.25) is 0 Å². The van der Waals surface area contributed by atoms with Crippen LogP contribution in [0.1, 0.15) is 5.69 Å². The number of anilines is 1. The topological polar surface area (TPSA) is 40.9 Å². The van der Waals surface area contributed by atoms with Crippen molar-refractivity contribution >= 4 is 11.3 Å². The van der Waals surface area contributed by atoms with Gasteiger partial charge in [-0.1, -0.05) is 18.2 Å². The van der Waals surface area contributed by atoms with Gasteiger partial charge in [-0.25, -0.2) is 9.37 Å². The molecule has 1 aliphatic heterocycles. The Bertz CT molecular complexity index is 947. The predicted molar refractivity (Wildman–Crippen MR) is 95.4 cm³/mol. The lowest BCUT2D eigenvalue weighted by atomic mass is 10.2. The first kappa shape index (κ1) is 15.8. The lowest BCUT2D eigenvalue weighted by molar-refractivity contribution is 0.246. The van der Waals surface area contributed by atoms with Crippen molar-refractivity contribution in [1.82, 2.24) is 14.3 Å². The van der Waals surface area contributed by atoms with Gasteiger partial charge in [0.1, 0.15) is 11.5 Å². The van der Waals surface area contributed by atoms with Crippen molar-refractivity contribution in [1.29, 1.82) is 0 Å². The van der Waals surface area contributed by atoms with E-state index < -0.39 is 0 Å². The Morgan fingerprint density at radius 2 is 1.76 bits per heavy atom. The van der Waals surface area contributed by atoms with Crippen molar-refractivity contribution in [3.05, 3.63) is 76.6 Å². The molecule has 5 nitrogen and oxygen atoms in total. The minimum atomic E-state index is -0.180. The van der Waals surface area contributed by atoms with Crippen LogP contribution in [0.25, 0.3) is 5.65 Å². The number of rotatable bonds is 3. The Kier molecular flexibility index (Phi) is 4.19. The van der Waals surface area contributed by atoms with Gasteiger partial charge in [0.2, 0.25) is 0 Å². The number of fused-ring (bicyclic) bond motifs is 1. The SMILES string of the molecule is O=c1cc(CN2CCN(c3ccccc3F)CC2)nc2ccccn12. The molecule has 6 heteroatoms. The van der Waals surface area contributed by atoms with Crippen molar-refractivity contribution in [2.75, 3.05) is 31.1 Å². The monoisotopic (exact) mass is 338 g/mol. The third kappa shape index (κ3) is 3.25. The number of nitrogens with zero attached hydrogens (tertiary/aromatic N) is 4. The Balaban J connectivity index is 1.45. The summed E-state index contributed by atoms with van der Waals surface area (Å²) in [7, 11) is 0. The van der Waals surface area contributed by atoms with E-state index in [1.54, 1.807) is 22.7 Å². The molecule has 0 radical (unpaired) electrons. The fourth-order valence-electron chi connectivity index (χ4n) is 3.27. The highest BCUT2D eigenvalue weighted by Crippen LogP contribution is 2.20. The lowest BCUT2D eigenvalue weighted by Crippen LogP contribution is -2.46. The van der Waals surface area contributed by atoms with E-state index in [2.05, 4.69) is 14.8 Å². The number of piperazine rings is 1. The van der Waals surface area contributed by atoms with Crippen LogP contribution in [0.5, 0.6) is 0 Å². The zero-order chi connectivity index (χ0) is 17.2. The van der Waals surface area contributed by atoms with Gasteiger partial charge < -0.3 is 4.90 Å². The molecule has 4 rings (SSSR count). The highest BCUT2D eigenvalue weighted by Gasteiger charge is 2.19. The number of aromatic nitrogens is 2. The molecule has 0 unspecified atom stereocenters. The molecule has 0 atom stereocenters. The van der Waals surface area contributed by atoms with E-state index >= 15 is 0 Å².